The second-order valence-electron chi connectivity index (χ2n) is 6.65. The van der Waals surface area contributed by atoms with Gasteiger partial charge in [-0.3, -0.25) is 9.59 Å². The second-order valence-corrected chi connectivity index (χ2v) is 6.65. The van der Waals surface area contributed by atoms with E-state index in [1.807, 2.05) is 4.90 Å². The normalized spacial score (nSPS) is 23.5. The molecule has 0 aromatic heterocycles. The molecule has 1 aromatic carbocycles. The van der Waals surface area contributed by atoms with E-state index in [0.29, 0.717) is 30.4 Å². The zero-order valence-electron chi connectivity index (χ0n) is 13.8. The molecule has 1 aromatic rings. The molecule has 3 rings (SSSR count). The Kier molecular flexibility index (Phi) is 5.45. The number of carbonyl (C=O) groups excluding carboxylic acids is 2. The highest BCUT2D eigenvalue weighted by Crippen LogP contribution is 2.27. The molecule has 2 fully saturated rings. The minimum absolute atomic E-state index is 0.0994. The molecule has 2 atom stereocenters. The van der Waals surface area contributed by atoms with Crippen LogP contribution in [0.2, 0.25) is 0 Å². The van der Waals surface area contributed by atoms with E-state index in [2.05, 4.69) is 10.6 Å². The van der Waals surface area contributed by atoms with Crippen LogP contribution in [0.3, 0.4) is 0 Å². The number of carbonyl (C=O) groups is 2. The quantitative estimate of drug-likeness (QED) is 0.876. The number of rotatable bonds is 4. The van der Waals surface area contributed by atoms with Gasteiger partial charge in [-0.15, -0.1) is 0 Å². The summed E-state index contributed by atoms with van der Waals surface area (Å²) in [6.07, 6.45) is 2.43. The molecule has 24 heavy (non-hydrogen) atoms. The van der Waals surface area contributed by atoms with Gasteiger partial charge in [-0.05, 0) is 62.0 Å². The number of halogens is 1. The molecule has 0 bridgehead atoms. The number of hydrogen-bond acceptors (Lipinski definition) is 3. The van der Waals surface area contributed by atoms with Gasteiger partial charge in [-0.1, -0.05) is 0 Å². The summed E-state index contributed by atoms with van der Waals surface area (Å²) in [6.45, 7) is 4.07. The number of nitrogens with one attached hydrogen (secondary N) is 2. The maximum atomic E-state index is 12.8. The minimum Gasteiger partial charge on any atom is -0.352 e. The van der Waals surface area contributed by atoms with Gasteiger partial charge in [-0.25, -0.2) is 4.39 Å². The summed E-state index contributed by atoms with van der Waals surface area (Å²) in [5.74, 6) is 0.839. The van der Waals surface area contributed by atoms with E-state index < -0.39 is 0 Å². The Morgan fingerprint density at radius 2 is 1.75 bits per heavy atom. The van der Waals surface area contributed by atoms with Crippen molar-refractivity contribution in [1.82, 2.24) is 15.5 Å². The molecule has 2 saturated heterocycles. The highest BCUT2D eigenvalue weighted by atomic mass is 19.1. The van der Waals surface area contributed by atoms with Gasteiger partial charge in [0.05, 0.1) is 0 Å². The monoisotopic (exact) mass is 333 g/mol. The Morgan fingerprint density at radius 1 is 1.12 bits per heavy atom. The number of likely N-dealkylation sites (tertiary alicyclic amines) is 1. The van der Waals surface area contributed by atoms with Crippen molar-refractivity contribution in [1.29, 1.82) is 0 Å². The summed E-state index contributed by atoms with van der Waals surface area (Å²) in [4.78, 5) is 26.2. The van der Waals surface area contributed by atoms with E-state index in [4.69, 9.17) is 0 Å². The van der Waals surface area contributed by atoms with Gasteiger partial charge in [0.2, 0.25) is 5.91 Å². The third-order valence-corrected chi connectivity index (χ3v) is 5.10. The van der Waals surface area contributed by atoms with Crippen LogP contribution in [0.1, 0.15) is 29.6 Å². The van der Waals surface area contributed by atoms with Gasteiger partial charge in [0.1, 0.15) is 5.82 Å². The van der Waals surface area contributed by atoms with Crippen molar-refractivity contribution in [3.63, 3.8) is 0 Å². The number of benzene rings is 1. The number of nitrogens with zero attached hydrogens (tertiary/aromatic N) is 1. The van der Waals surface area contributed by atoms with Crippen LogP contribution in [-0.2, 0) is 4.79 Å². The zero-order valence-corrected chi connectivity index (χ0v) is 13.8. The summed E-state index contributed by atoms with van der Waals surface area (Å²) in [7, 11) is 0. The molecule has 0 radical (unpaired) electrons. The van der Waals surface area contributed by atoms with Crippen LogP contribution in [-0.4, -0.2) is 49.4 Å². The van der Waals surface area contributed by atoms with E-state index in [9.17, 15) is 14.0 Å². The number of amides is 2. The van der Waals surface area contributed by atoms with E-state index in [1.165, 1.54) is 24.3 Å². The highest BCUT2D eigenvalue weighted by Gasteiger charge is 2.31. The first-order valence-electron chi connectivity index (χ1n) is 8.66. The van der Waals surface area contributed by atoms with Crippen molar-refractivity contribution < 1.29 is 14.0 Å². The summed E-state index contributed by atoms with van der Waals surface area (Å²) in [6, 6.07) is 5.38. The fourth-order valence-electron chi connectivity index (χ4n) is 3.61. The molecule has 6 heteroatoms. The molecule has 2 amide bonds. The molecule has 2 aliphatic heterocycles. The van der Waals surface area contributed by atoms with Crippen molar-refractivity contribution in [2.75, 3.05) is 32.7 Å². The Morgan fingerprint density at radius 3 is 2.38 bits per heavy atom. The lowest BCUT2D eigenvalue weighted by Crippen LogP contribution is -2.35. The van der Waals surface area contributed by atoms with Gasteiger partial charge in [0.15, 0.2) is 0 Å². The van der Waals surface area contributed by atoms with E-state index in [-0.39, 0.29) is 17.6 Å². The lowest BCUT2D eigenvalue weighted by Gasteiger charge is -2.21. The standard InChI is InChI=1S/C18H24FN3O2/c19-16-3-1-13(2-4-16)18(24)21-8-5-17(23)22-9-6-14-11-20-12-15(14)7-10-22/h1-4,14-15,20H,5-12H2,(H,21,24)/t14-,15+. The average Bonchev–Trinajstić information content (AvgIpc) is 2.93. The summed E-state index contributed by atoms with van der Waals surface area (Å²) >= 11 is 0. The van der Waals surface area contributed by atoms with E-state index >= 15 is 0 Å². The molecule has 2 heterocycles. The lowest BCUT2D eigenvalue weighted by molar-refractivity contribution is -0.131. The zero-order chi connectivity index (χ0) is 16.9. The van der Waals surface area contributed by atoms with Crippen molar-refractivity contribution >= 4 is 11.8 Å². The molecule has 2 aliphatic rings. The second kappa shape index (κ2) is 7.75. The molecule has 0 saturated carbocycles. The Hall–Kier alpha value is -1.95. The fourth-order valence-corrected chi connectivity index (χ4v) is 3.61. The van der Waals surface area contributed by atoms with Crippen LogP contribution in [0.5, 0.6) is 0 Å². The molecule has 130 valence electrons. The molecule has 5 nitrogen and oxygen atoms in total. The van der Waals surface area contributed by atoms with Crippen molar-refractivity contribution in [3.8, 4) is 0 Å². The molecule has 0 aliphatic carbocycles. The van der Waals surface area contributed by atoms with Gasteiger partial charge >= 0.3 is 0 Å². The Balaban J connectivity index is 1.42. The van der Waals surface area contributed by atoms with E-state index in [0.717, 1.165) is 39.0 Å². The topological polar surface area (TPSA) is 61.4 Å². The summed E-state index contributed by atoms with van der Waals surface area (Å²) in [5, 5.41) is 6.15. The van der Waals surface area contributed by atoms with Crippen molar-refractivity contribution in [3.05, 3.63) is 35.6 Å². The molecule has 2 N–H and O–H groups in total. The first-order chi connectivity index (χ1) is 11.6. The first kappa shape index (κ1) is 16.9. The summed E-state index contributed by atoms with van der Waals surface area (Å²) in [5.41, 5.74) is 0.402. The third kappa shape index (κ3) is 4.12. The smallest absolute Gasteiger partial charge is 0.251 e. The van der Waals surface area contributed by atoms with Crippen LogP contribution < -0.4 is 10.6 Å². The van der Waals surface area contributed by atoms with E-state index in [1.54, 1.807) is 0 Å². The van der Waals surface area contributed by atoms with Crippen LogP contribution in [0.25, 0.3) is 0 Å². The minimum atomic E-state index is -0.372. The van der Waals surface area contributed by atoms with Crippen LogP contribution >= 0.6 is 0 Å². The predicted octanol–water partition coefficient (Wildman–Crippen LogP) is 1.40. The molecular weight excluding hydrogens is 309 g/mol. The average molecular weight is 333 g/mol. The van der Waals surface area contributed by atoms with Crippen molar-refractivity contribution in [2.24, 2.45) is 11.8 Å². The van der Waals surface area contributed by atoms with Gasteiger partial charge in [0.25, 0.3) is 5.91 Å². The maximum Gasteiger partial charge on any atom is 0.251 e. The first-order valence-corrected chi connectivity index (χ1v) is 8.66. The van der Waals surface area contributed by atoms with Crippen LogP contribution in [0.15, 0.2) is 24.3 Å². The van der Waals surface area contributed by atoms with Gasteiger partial charge < -0.3 is 15.5 Å². The predicted molar refractivity (Wildman–Crippen MR) is 89.0 cm³/mol. The van der Waals surface area contributed by atoms with Gasteiger partial charge in [0, 0.05) is 31.6 Å². The lowest BCUT2D eigenvalue weighted by atomic mass is 9.92. The van der Waals surface area contributed by atoms with Crippen LogP contribution in [0.4, 0.5) is 4.39 Å². The Labute approximate surface area is 141 Å². The molecule has 0 spiro atoms. The SMILES string of the molecule is O=C(NCCC(=O)N1CC[C@@H]2CNC[C@@H]2CC1)c1ccc(F)cc1. The summed E-state index contributed by atoms with van der Waals surface area (Å²) < 4.78 is 12.8. The third-order valence-electron chi connectivity index (χ3n) is 5.10. The highest BCUT2D eigenvalue weighted by molar-refractivity contribution is 5.94. The molecule has 0 unspecified atom stereocenters. The van der Waals surface area contributed by atoms with Gasteiger partial charge in [-0.2, -0.15) is 0 Å². The number of hydrogen-bond donors (Lipinski definition) is 2. The fraction of sp³-hybridized carbons (Fsp3) is 0.556. The van der Waals surface area contributed by atoms with Crippen molar-refractivity contribution in [2.45, 2.75) is 19.3 Å². The molecular formula is C18H24FN3O2. The Bertz CT molecular complexity index is 576. The largest absolute Gasteiger partial charge is 0.352 e. The maximum absolute atomic E-state index is 12.8. The van der Waals surface area contributed by atoms with Crippen LogP contribution in [0, 0.1) is 17.7 Å². The number of fused-ring (bicyclic) bond motifs is 1.